The van der Waals surface area contributed by atoms with E-state index in [0.29, 0.717) is 10.7 Å². The predicted molar refractivity (Wildman–Crippen MR) is 120 cm³/mol. The van der Waals surface area contributed by atoms with E-state index in [-0.39, 0.29) is 42.4 Å². The summed E-state index contributed by atoms with van der Waals surface area (Å²) in [6.07, 6.45) is 9.09. The quantitative estimate of drug-likeness (QED) is 0.656. The molecule has 4 amide bonds. The fourth-order valence-corrected chi connectivity index (χ4v) is 5.28. The zero-order chi connectivity index (χ0) is 21.8. The van der Waals surface area contributed by atoms with Crippen molar-refractivity contribution in [1.29, 1.82) is 0 Å². The molecule has 4 rings (SSSR count). The molecule has 0 aromatic heterocycles. The first-order chi connectivity index (χ1) is 15.0. The van der Waals surface area contributed by atoms with Crippen molar-refractivity contribution in [2.75, 3.05) is 5.32 Å². The van der Waals surface area contributed by atoms with E-state index in [2.05, 4.69) is 16.0 Å². The second kappa shape index (κ2) is 9.90. The Labute approximate surface area is 188 Å². The number of benzene rings is 1. The van der Waals surface area contributed by atoms with Crippen LogP contribution in [0.15, 0.2) is 24.3 Å². The Morgan fingerprint density at radius 3 is 2.42 bits per heavy atom. The summed E-state index contributed by atoms with van der Waals surface area (Å²) in [5, 5.41) is 9.63. The lowest BCUT2D eigenvalue weighted by atomic mass is 9.85. The number of urea groups is 1. The zero-order valence-corrected chi connectivity index (χ0v) is 18.5. The summed E-state index contributed by atoms with van der Waals surface area (Å²) in [6.45, 7) is 0. The van der Waals surface area contributed by atoms with Gasteiger partial charge < -0.3 is 20.9 Å². The highest BCUT2D eigenvalue weighted by Gasteiger charge is 2.46. The molecule has 1 aliphatic heterocycles. The number of nitrogens with one attached hydrogen (secondary N) is 3. The van der Waals surface area contributed by atoms with E-state index >= 15 is 0 Å². The Balaban J connectivity index is 1.49. The second-order valence-electron chi connectivity index (χ2n) is 8.93. The second-order valence-corrected chi connectivity index (χ2v) is 9.37. The van der Waals surface area contributed by atoms with Crippen molar-refractivity contribution in [2.45, 2.75) is 88.4 Å². The van der Waals surface area contributed by atoms with Gasteiger partial charge in [0.15, 0.2) is 0 Å². The largest absolute Gasteiger partial charge is 0.349 e. The fraction of sp³-hybridized carbons (Fsp3) is 0.609. The summed E-state index contributed by atoms with van der Waals surface area (Å²) in [6, 6.07) is 5.85. The molecule has 0 spiro atoms. The first kappa shape index (κ1) is 21.9. The van der Waals surface area contributed by atoms with E-state index in [1.165, 1.54) is 6.42 Å². The van der Waals surface area contributed by atoms with Crippen LogP contribution in [0.2, 0.25) is 5.02 Å². The van der Waals surface area contributed by atoms with E-state index in [4.69, 9.17) is 11.6 Å². The van der Waals surface area contributed by atoms with Crippen LogP contribution in [0.4, 0.5) is 10.5 Å². The van der Waals surface area contributed by atoms with Gasteiger partial charge in [0.05, 0.1) is 12.5 Å². The number of fused-ring (bicyclic) bond motifs is 1. The minimum atomic E-state index is -0.810. The Kier molecular flexibility index (Phi) is 7.00. The van der Waals surface area contributed by atoms with Gasteiger partial charge in [0.25, 0.3) is 0 Å². The number of rotatable bonds is 4. The van der Waals surface area contributed by atoms with Gasteiger partial charge in [0, 0.05) is 22.8 Å². The summed E-state index contributed by atoms with van der Waals surface area (Å²) >= 11 is 5.91. The number of carbonyl (C=O) groups is 3. The number of nitrogens with zero attached hydrogens (tertiary/aromatic N) is 1. The molecule has 0 bridgehead atoms. The standard InChI is InChI=1S/C23H31ClN4O3/c24-15-10-12-17(13-11-15)25-21(29)14-20-22(30)27-18-8-4-5-9-19(18)28(20)23(31)26-16-6-2-1-3-7-16/h10-13,16,18-20H,1-9,14H2,(H,25,29)(H,26,31)(H,27,30)/t18-,19+,20+/m1/s1. The van der Waals surface area contributed by atoms with E-state index in [1.54, 1.807) is 29.2 Å². The molecule has 2 aliphatic carbocycles. The maximum absolute atomic E-state index is 13.3. The van der Waals surface area contributed by atoms with E-state index in [9.17, 15) is 14.4 Å². The van der Waals surface area contributed by atoms with Crippen LogP contribution in [-0.4, -0.2) is 46.9 Å². The van der Waals surface area contributed by atoms with Gasteiger partial charge in [-0.3, -0.25) is 9.59 Å². The van der Waals surface area contributed by atoms with Crippen LogP contribution in [-0.2, 0) is 9.59 Å². The van der Waals surface area contributed by atoms with Gasteiger partial charge in [-0.1, -0.05) is 43.7 Å². The van der Waals surface area contributed by atoms with Crippen molar-refractivity contribution in [3.63, 3.8) is 0 Å². The van der Waals surface area contributed by atoms with Gasteiger partial charge in [-0.05, 0) is 49.9 Å². The molecule has 31 heavy (non-hydrogen) atoms. The van der Waals surface area contributed by atoms with Crippen molar-refractivity contribution in [3.05, 3.63) is 29.3 Å². The average Bonchev–Trinajstić information content (AvgIpc) is 2.76. The number of anilines is 1. The molecule has 1 heterocycles. The average molecular weight is 447 g/mol. The highest BCUT2D eigenvalue weighted by atomic mass is 35.5. The van der Waals surface area contributed by atoms with E-state index < -0.39 is 6.04 Å². The van der Waals surface area contributed by atoms with Crippen molar-refractivity contribution < 1.29 is 14.4 Å². The minimum absolute atomic E-state index is 0.0334. The maximum atomic E-state index is 13.3. The van der Waals surface area contributed by atoms with Gasteiger partial charge in [-0.15, -0.1) is 0 Å². The summed E-state index contributed by atoms with van der Waals surface area (Å²) in [4.78, 5) is 40.7. The van der Waals surface area contributed by atoms with Crippen molar-refractivity contribution >= 4 is 35.1 Å². The van der Waals surface area contributed by atoms with Crippen LogP contribution in [0.3, 0.4) is 0 Å². The number of piperazine rings is 1. The van der Waals surface area contributed by atoms with Gasteiger partial charge in [-0.2, -0.15) is 0 Å². The molecule has 1 aromatic rings. The summed E-state index contributed by atoms with van der Waals surface area (Å²) < 4.78 is 0. The topological polar surface area (TPSA) is 90.5 Å². The Hall–Kier alpha value is -2.28. The Morgan fingerprint density at radius 1 is 1.00 bits per heavy atom. The molecule has 0 radical (unpaired) electrons. The Bertz CT molecular complexity index is 810. The first-order valence-corrected chi connectivity index (χ1v) is 11.8. The van der Waals surface area contributed by atoms with Crippen LogP contribution < -0.4 is 16.0 Å². The summed E-state index contributed by atoms with van der Waals surface area (Å²) in [5.74, 6) is -0.541. The highest BCUT2D eigenvalue weighted by Crippen LogP contribution is 2.30. The normalized spacial score (nSPS) is 26.5. The molecule has 1 saturated heterocycles. The third-order valence-electron chi connectivity index (χ3n) is 6.73. The van der Waals surface area contributed by atoms with Crippen LogP contribution in [0.25, 0.3) is 0 Å². The lowest BCUT2D eigenvalue weighted by Crippen LogP contribution is -2.69. The van der Waals surface area contributed by atoms with Gasteiger partial charge in [-0.25, -0.2) is 4.79 Å². The van der Waals surface area contributed by atoms with Crippen LogP contribution >= 0.6 is 11.6 Å². The number of amides is 4. The SMILES string of the molecule is O=C(C[C@H]1C(=O)N[C@@H]2CCCC[C@@H]2N1C(=O)NC1CCCCC1)Nc1ccc(Cl)cc1. The first-order valence-electron chi connectivity index (χ1n) is 11.5. The molecular formula is C23H31ClN4O3. The smallest absolute Gasteiger partial charge is 0.318 e. The third-order valence-corrected chi connectivity index (χ3v) is 6.98. The monoisotopic (exact) mass is 446 g/mol. The highest BCUT2D eigenvalue weighted by molar-refractivity contribution is 6.30. The number of halogens is 1. The molecule has 3 fully saturated rings. The predicted octanol–water partition coefficient (Wildman–Crippen LogP) is 3.82. The van der Waals surface area contributed by atoms with Crippen LogP contribution in [0, 0.1) is 0 Å². The molecule has 3 atom stereocenters. The van der Waals surface area contributed by atoms with Gasteiger partial charge in [0.2, 0.25) is 11.8 Å². The lowest BCUT2D eigenvalue weighted by Gasteiger charge is -2.48. The van der Waals surface area contributed by atoms with E-state index in [0.717, 1.165) is 51.4 Å². The molecule has 3 aliphatic rings. The fourth-order valence-electron chi connectivity index (χ4n) is 5.15. The van der Waals surface area contributed by atoms with Gasteiger partial charge in [0.1, 0.15) is 6.04 Å². The minimum Gasteiger partial charge on any atom is -0.349 e. The molecule has 1 aromatic carbocycles. The summed E-state index contributed by atoms with van der Waals surface area (Å²) in [5.41, 5.74) is 0.611. The van der Waals surface area contributed by atoms with Crippen molar-refractivity contribution in [2.24, 2.45) is 0 Å². The molecule has 2 saturated carbocycles. The molecule has 7 nitrogen and oxygen atoms in total. The van der Waals surface area contributed by atoms with Gasteiger partial charge >= 0.3 is 6.03 Å². The zero-order valence-electron chi connectivity index (χ0n) is 17.7. The molecule has 8 heteroatoms. The van der Waals surface area contributed by atoms with E-state index in [1.807, 2.05) is 0 Å². The Morgan fingerprint density at radius 2 is 1.68 bits per heavy atom. The van der Waals surface area contributed by atoms with Crippen molar-refractivity contribution in [1.82, 2.24) is 15.5 Å². The van der Waals surface area contributed by atoms with Crippen LogP contribution in [0.1, 0.15) is 64.2 Å². The number of carbonyl (C=O) groups excluding carboxylic acids is 3. The number of hydrogen-bond acceptors (Lipinski definition) is 3. The van der Waals surface area contributed by atoms with Crippen molar-refractivity contribution in [3.8, 4) is 0 Å². The molecule has 0 unspecified atom stereocenters. The van der Waals surface area contributed by atoms with Crippen LogP contribution in [0.5, 0.6) is 0 Å². The molecule has 168 valence electrons. The molecular weight excluding hydrogens is 416 g/mol. The molecule has 3 N–H and O–H groups in total. The maximum Gasteiger partial charge on any atom is 0.318 e. The number of hydrogen-bond donors (Lipinski definition) is 3. The lowest BCUT2D eigenvalue weighted by molar-refractivity contribution is -0.135. The summed E-state index contributed by atoms with van der Waals surface area (Å²) in [7, 11) is 0. The third kappa shape index (κ3) is 5.32.